The van der Waals surface area contributed by atoms with E-state index in [2.05, 4.69) is 4.98 Å². The molecule has 1 aromatic heterocycles. The lowest BCUT2D eigenvalue weighted by atomic mass is 10.1. The first-order valence-corrected chi connectivity index (χ1v) is 8.86. The highest BCUT2D eigenvalue weighted by Crippen LogP contribution is 2.26. The topological polar surface area (TPSA) is 60.9 Å². The summed E-state index contributed by atoms with van der Waals surface area (Å²) >= 11 is 6.07. The Morgan fingerprint density at radius 2 is 1.92 bits per heavy atom. The smallest absolute Gasteiger partial charge is 0.260 e. The van der Waals surface area contributed by atoms with Gasteiger partial charge in [0.05, 0.1) is 7.11 Å². The molecule has 0 bridgehead atoms. The Kier molecular flexibility index (Phi) is 6.17. The summed E-state index contributed by atoms with van der Waals surface area (Å²) in [6, 6.07) is 10.8. The summed E-state index contributed by atoms with van der Waals surface area (Å²) in [6.45, 7) is 1.21. The largest absolute Gasteiger partial charge is 0.493 e. The van der Waals surface area contributed by atoms with Crippen molar-refractivity contribution in [3.8, 4) is 17.4 Å². The number of rotatable bonds is 6. The Morgan fingerprint density at radius 1 is 1.19 bits per heavy atom. The van der Waals surface area contributed by atoms with Gasteiger partial charge >= 0.3 is 0 Å². The molecule has 1 aromatic carbocycles. The average Bonchev–Trinajstić information content (AvgIpc) is 2.68. The van der Waals surface area contributed by atoms with Crippen LogP contribution in [0, 0.1) is 0 Å². The van der Waals surface area contributed by atoms with Crippen LogP contribution in [0.15, 0.2) is 42.6 Å². The molecular weight excluding hydrogens is 356 g/mol. The summed E-state index contributed by atoms with van der Waals surface area (Å²) < 4.78 is 16.7. The number of methoxy groups -OCH3 is 1. The molecule has 6 nitrogen and oxygen atoms in total. The van der Waals surface area contributed by atoms with E-state index in [1.807, 2.05) is 12.1 Å². The second-order valence-corrected chi connectivity index (χ2v) is 6.34. The fourth-order valence-electron chi connectivity index (χ4n) is 2.81. The van der Waals surface area contributed by atoms with E-state index in [9.17, 15) is 4.79 Å². The predicted molar refractivity (Wildman–Crippen MR) is 98.0 cm³/mol. The average molecular weight is 377 g/mol. The van der Waals surface area contributed by atoms with Crippen molar-refractivity contribution >= 4 is 17.5 Å². The Balaban J connectivity index is 1.47. The Labute approximate surface area is 157 Å². The fraction of sp³-hybridized carbons (Fsp3) is 0.368. The van der Waals surface area contributed by atoms with Crippen LogP contribution in [-0.2, 0) is 4.79 Å². The highest BCUT2D eigenvalue weighted by atomic mass is 35.5. The van der Waals surface area contributed by atoms with Crippen LogP contribution in [0.1, 0.15) is 12.8 Å². The maximum Gasteiger partial charge on any atom is 0.260 e. The summed E-state index contributed by atoms with van der Waals surface area (Å²) in [6.07, 6.45) is 3.11. The van der Waals surface area contributed by atoms with Crippen molar-refractivity contribution in [1.29, 1.82) is 0 Å². The molecule has 0 aliphatic carbocycles. The molecule has 0 N–H and O–H groups in total. The predicted octanol–water partition coefficient (Wildman–Crippen LogP) is 3.19. The number of hydrogen-bond donors (Lipinski definition) is 0. The van der Waals surface area contributed by atoms with E-state index in [1.165, 1.54) is 0 Å². The third kappa shape index (κ3) is 4.58. The van der Waals surface area contributed by atoms with Crippen molar-refractivity contribution in [2.24, 2.45) is 0 Å². The van der Waals surface area contributed by atoms with Crippen molar-refractivity contribution in [2.75, 3.05) is 26.8 Å². The number of para-hydroxylation sites is 2. The second kappa shape index (κ2) is 8.76. The SMILES string of the molecule is COc1ccccc1OCC(=O)N1CCC(Oc2ncccc2Cl)CC1. The zero-order valence-corrected chi connectivity index (χ0v) is 15.3. The maximum absolute atomic E-state index is 12.4. The van der Waals surface area contributed by atoms with Crippen molar-refractivity contribution < 1.29 is 19.0 Å². The molecule has 0 spiro atoms. The van der Waals surface area contributed by atoms with Gasteiger partial charge in [-0.25, -0.2) is 4.98 Å². The molecule has 1 saturated heterocycles. The van der Waals surface area contributed by atoms with Crippen molar-refractivity contribution in [1.82, 2.24) is 9.88 Å². The maximum atomic E-state index is 12.4. The minimum absolute atomic E-state index is 0.00147. The van der Waals surface area contributed by atoms with Gasteiger partial charge in [0.25, 0.3) is 5.91 Å². The number of hydrogen-bond acceptors (Lipinski definition) is 5. The van der Waals surface area contributed by atoms with E-state index in [4.69, 9.17) is 25.8 Å². The van der Waals surface area contributed by atoms with Gasteiger partial charge in [-0.05, 0) is 24.3 Å². The number of likely N-dealkylation sites (tertiary alicyclic amines) is 1. The molecule has 3 rings (SSSR count). The van der Waals surface area contributed by atoms with Crippen molar-refractivity contribution in [3.63, 3.8) is 0 Å². The van der Waals surface area contributed by atoms with Crippen LogP contribution >= 0.6 is 11.6 Å². The highest BCUT2D eigenvalue weighted by Gasteiger charge is 2.25. The van der Waals surface area contributed by atoms with Crippen LogP contribution in [0.2, 0.25) is 5.02 Å². The number of carbonyl (C=O) groups is 1. The third-order valence-electron chi connectivity index (χ3n) is 4.22. The second-order valence-electron chi connectivity index (χ2n) is 5.93. The fourth-order valence-corrected chi connectivity index (χ4v) is 2.97. The van der Waals surface area contributed by atoms with Gasteiger partial charge in [0.15, 0.2) is 18.1 Å². The number of amides is 1. The standard InChI is InChI=1S/C19H21ClN2O4/c1-24-16-6-2-3-7-17(16)25-13-18(23)22-11-8-14(9-12-22)26-19-15(20)5-4-10-21-19/h2-7,10,14H,8-9,11-13H2,1H3. The number of carbonyl (C=O) groups excluding carboxylic acids is 1. The van der Waals surface area contributed by atoms with E-state index >= 15 is 0 Å². The van der Waals surface area contributed by atoms with E-state index in [-0.39, 0.29) is 18.6 Å². The highest BCUT2D eigenvalue weighted by molar-refractivity contribution is 6.31. The molecule has 1 fully saturated rings. The lowest BCUT2D eigenvalue weighted by Gasteiger charge is -2.32. The zero-order valence-electron chi connectivity index (χ0n) is 14.6. The van der Waals surface area contributed by atoms with E-state index in [0.29, 0.717) is 35.5 Å². The summed E-state index contributed by atoms with van der Waals surface area (Å²) in [5.74, 6) is 1.56. The lowest BCUT2D eigenvalue weighted by Crippen LogP contribution is -2.43. The normalized spacial score (nSPS) is 14.8. The van der Waals surface area contributed by atoms with Gasteiger partial charge in [-0.1, -0.05) is 23.7 Å². The first kappa shape index (κ1) is 18.3. The molecular formula is C19H21ClN2O4. The van der Waals surface area contributed by atoms with Crippen LogP contribution in [0.4, 0.5) is 0 Å². The Hall–Kier alpha value is -2.47. The van der Waals surface area contributed by atoms with Crippen molar-refractivity contribution in [2.45, 2.75) is 18.9 Å². The number of piperidine rings is 1. The first-order chi connectivity index (χ1) is 12.7. The number of aromatic nitrogens is 1. The molecule has 0 radical (unpaired) electrons. The molecule has 2 heterocycles. The molecule has 0 saturated carbocycles. The third-order valence-corrected chi connectivity index (χ3v) is 4.51. The minimum Gasteiger partial charge on any atom is -0.493 e. The van der Waals surface area contributed by atoms with Gasteiger partial charge in [-0.15, -0.1) is 0 Å². The van der Waals surface area contributed by atoms with E-state index < -0.39 is 0 Å². The first-order valence-electron chi connectivity index (χ1n) is 8.48. The zero-order chi connectivity index (χ0) is 18.4. The number of nitrogens with zero attached hydrogens (tertiary/aromatic N) is 2. The molecule has 26 heavy (non-hydrogen) atoms. The van der Waals surface area contributed by atoms with Gasteiger partial charge < -0.3 is 19.1 Å². The Morgan fingerprint density at radius 3 is 2.62 bits per heavy atom. The molecule has 138 valence electrons. The van der Waals surface area contributed by atoms with E-state index in [1.54, 1.807) is 42.5 Å². The summed E-state index contributed by atoms with van der Waals surface area (Å²) in [4.78, 5) is 18.3. The summed E-state index contributed by atoms with van der Waals surface area (Å²) in [5, 5.41) is 0.496. The summed E-state index contributed by atoms with van der Waals surface area (Å²) in [7, 11) is 1.57. The number of halogens is 1. The van der Waals surface area contributed by atoms with Crippen LogP contribution in [0.3, 0.4) is 0 Å². The van der Waals surface area contributed by atoms with Crippen LogP contribution < -0.4 is 14.2 Å². The van der Waals surface area contributed by atoms with E-state index in [0.717, 1.165) is 12.8 Å². The monoisotopic (exact) mass is 376 g/mol. The number of benzene rings is 1. The molecule has 1 aliphatic heterocycles. The molecule has 0 atom stereocenters. The van der Waals surface area contributed by atoms with Gasteiger partial charge in [0.1, 0.15) is 11.1 Å². The summed E-state index contributed by atoms with van der Waals surface area (Å²) in [5.41, 5.74) is 0. The molecule has 1 amide bonds. The molecule has 2 aromatic rings. The van der Waals surface area contributed by atoms with Gasteiger partial charge in [0.2, 0.25) is 5.88 Å². The molecule has 0 unspecified atom stereocenters. The van der Waals surface area contributed by atoms with Crippen LogP contribution in [-0.4, -0.2) is 48.7 Å². The van der Waals surface area contributed by atoms with Crippen LogP contribution in [0.5, 0.6) is 17.4 Å². The van der Waals surface area contributed by atoms with Crippen LogP contribution in [0.25, 0.3) is 0 Å². The molecule has 7 heteroatoms. The Bertz CT molecular complexity index is 748. The lowest BCUT2D eigenvalue weighted by molar-refractivity contribution is -0.135. The van der Waals surface area contributed by atoms with Crippen molar-refractivity contribution in [3.05, 3.63) is 47.6 Å². The minimum atomic E-state index is -0.0507. The van der Waals surface area contributed by atoms with Gasteiger partial charge in [0, 0.05) is 32.1 Å². The molecule has 1 aliphatic rings. The van der Waals surface area contributed by atoms with Gasteiger partial charge in [-0.2, -0.15) is 0 Å². The number of ether oxygens (including phenoxy) is 3. The van der Waals surface area contributed by atoms with Gasteiger partial charge in [-0.3, -0.25) is 4.79 Å². The quantitative estimate of drug-likeness (QED) is 0.774. The number of pyridine rings is 1.